The van der Waals surface area contributed by atoms with E-state index >= 15 is 0 Å². The Morgan fingerprint density at radius 1 is 0.623 bits per heavy atom. The largest absolute Gasteiger partial charge is 0.354 e. The van der Waals surface area contributed by atoms with Gasteiger partial charge in [-0.2, -0.15) is 0 Å². The minimum atomic E-state index is -0.279. The van der Waals surface area contributed by atoms with Crippen LogP contribution < -0.4 is 42.1 Å². The lowest BCUT2D eigenvalue weighted by molar-refractivity contribution is 0.102. The number of para-hydroxylation sites is 2. The van der Waals surface area contributed by atoms with Gasteiger partial charge in [-0.1, -0.05) is 81.7 Å². The molecule has 7 N–H and O–H groups in total. The number of nitrogens with zero attached hydrogens (tertiary/aromatic N) is 7. The van der Waals surface area contributed by atoms with Crippen LogP contribution in [0.1, 0.15) is 42.1 Å². The highest BCUT2D eigenvalue weighted by Crippen LogP contribution is 2.30. The first-order chi connectivity index (χ1) is 29.4. The topological polar surface area (TPSA) is 199 Å². The molecular weight excluding hydrogens is 879 g/mol. The molecule has 8 rings (SSSR count). The Hall–Kier alpha value is -5.05. The Kier molecular flexibility index (Phi) is 16.5. The number of benzene rings is 2. The summed E-state index contributed by atoms with van der Waals surface area (Å²) < 4.78 is 0. The third-order valence-electron chi connectivity index (χ3n) is 8.88. The first-order valence-corrected chi connectivity index (χ1v) is 22.0. The molecule has 0 radical (unpaired) electrons. The molecule has 0 atom stereocenters. The number of hydrogen-bond donors (Lipinski definition) is 7. The van der Waals surface area contributed by atoms with Gasteiger partial charge in [-0.05, 0) is 51.0 Å². The van der Waals surface area contributed by atoms with Crippen LogP contribution >= 0.6 is 57.5 Å². The highest BCUT2D eigenvalue weighted by atomic mass is 35.5. The van der Waals surface area contributed by atoms with Gasteiger partial charge in [0.2, 0.25) is 0 Å². The van der Waals surface area contributed by atoms with Crippen LogP contribution in [0.4, 0.5) is 39.1 Å². The Balaban J connectivity index is 0.000000181. The van der Waals surface area contributed by atoms with Crippen LogP contribution in [0, 0.1) is 27.7 Å². The normalized spacial score (nSPS) is 13.5. The SMILES string of the molecule is C1CNCCN1.Cc1nc(Cl)cc(Nc2ncc(C(=O)Nc3c(C)cccc3Cl)s2)n1.Cc1nc(Nc2ncc(C(=O)Nc3c(C)cccc3Cl)s2)cc(N2CCNCC2)n1. The van der Waals surface area contributed by atoms with Gasteiger partial charge in [0.1, 0.15) is 44.0 Å². The Morgan fingerprint density at radius 3 is 1.54 bits per heavy atom. The summed E-state index contributed by atoms with van der Waals surface area (Å²) in [6.45, 7) is 15.6. The van der Waals surface area contributed by atoms with E-state index in [1.165, 1.54) is 28.9 Å². The molecule has 0 bridgehead atoms. The second-order valence-electron chi connectivity index (χ2n) is 13.6. The molecule has 2 saturated heterocycles. The number of aryl methyl sites for hydroxylation is 4. The Morgan fingerprint density at radius 2 is 1.08 bits per heavy atom. The molecule has 0 unspecified atom stereocenters. The van der Waals surface area contributed by atoms with Crippen molar-refractivity contribution in [2.45, 2.75) is 27.7 Å². The fourth-order valence-electron chi connectivity index (χ4n) is 5.89. The summed E-state index contributed by atoms with van der Waals surface area (Å²) in [6.07, 6.45) is 3.03. The molecule has 2 aliphatic rings. The highest BCUT2D eigenvalue weighted by molar-refractivity contribution is 7.18. The number of piperazine rings is 2. The van der Waals surface area contributed by atoms with Crippen LogP contribution in [0.2, 0.25) is 15.2 Å². The number of hydrogen-bond acceptors (Lipinski definition) is 16. The molecule has 6 aromatic rings. The van der Waals surface area contributed by atoms with Crippen LogP contribution in [0.25, 0.3) is 0 Å². The summed E-state index contributed by atoms with van der Waals surface area (Å²) in [6, 6.07) is 14.4. The van der Waals surface area contributed by atoms with Crippen molar-refractivity contribution in [2.24, 2.45) is 0 Å². The summed E-state index contributed by atoms with van der Waals surface area (Å²) >= 11 is 20.7. The molecule has 2 aromatic carbocycles. The number of thiazole rings is 2. The summed E-state index contributed by atoms with van der Waals surface area (Å²) in [4.78, 5) is 53.9. The Bertz CT molecular complexity index is 2370. The number of carbonyl (C=O) groups is 2. The molecular formula is C40H45Cl3N14O2S2. The molecule has 320 valence electrons. The number of halogens is 3. The fourth-order valence-corrected chi connectivity index (χ4v) is 8.10. The van der Waals surface area contributed by atoms with Gasteiger partial charge in [-0.15, -0.1) is 0 Å². The van der Waals surface area contributed by atoms with Gasteiger partial charge in [0.25, 0.3) is 11.8 Å². The quantitative estimate of drug-likeness (QED) is 0.0699. The van der Waals surface area contributed by atoms with Gasteiger partial charge < -0.3 is 42.1 Å². The van der Waals surface area contributed by atoms with E-state index in [0.29, 0.717) is 69.9 Å². The number of aromatic nitrogens is 6. The minimum absolute atomic E-state index is 0.253. The zero-order chi connectivity index (χ0) is 43.3. The van der Waals surface area contributed by atoms with E-state index in [-0.39, 0.29) is 11.8 Å². The maximum absolute atomic E-state index is 12.6. The van der Waals surface area contributed by atoms with Crippen molar-refractivity contribution in [3.8, 4) is 0 Å². The summed E-state index contributed by atoms with van der Waals surface area (Å²) in [5.74, 6) is 2.74. The summed E-state index contributed by atoms with van der Waals surface area (Å²) in [7, 11) is 0. The van der Waals surface area contributed by atoms with Crippen LogP contribution in [-0.2, 0) is 0 Å². The average Bonchev–Trinajstić information content (AvgIpc) is 3.92. The van der Waals surface area contributed by atoms with Crippen molar-refractivity contribution < 1.29 is 9.59 Å². The van der Waals surface area contributed by atoms with Crippen molar-refractivity contribution in [2.75, 3.05) is 78.5 Å². The van der Waals surface area contributed by atoms with Crippen LogP contribution in [0.3, 0.4) is 0 Å². The molecule has 16 nitrogen and oxygen atoms in total. The van der Waals surface area contributed by atoms with E-state index in [2.05, 4.69) is 72.0 Å². The maximum atomic E-state index is 12.6. The molecule has 0 saturated carbocycles. The number of anilines is 7. The van der Waals surface area contributed by atoms with Gasteiger partial charge in [0.15, 0.2) is 10.3 Å². The number of nitrogens with one attached hydrogen (secondary N) is 7. The highest BCUT2D eigenvalue weighted by Gasteiger charge is 2.18. The van der Waals surface area contributed by atoms with E-state index < -0.39 is 0 Å². The molecule has 0 spiro atoms. The first kappa shape index (κ1) is 45.5. The molecule has 61 heavy (non-hydrogen) atoms. The van der Waals surface area contributed by atoms with Crippen LogP contribution in [0.5, 0.6) is 0 Å². The second kappa shape index (κ2) is 22.2. The van der Waals surface area contributed by atoms with Crippen LogP contribution in [0.15, 0.2) is 60.9 Å². The van der Waals surface area contributed by atoms with E-state index in [1.54, 1.807) is 31.3 Å². The van der Waals surface area contributed by atoms with Crippen LogP contribution in [-0.4, -0.2) is 94.1 Å². The zero-order valence-corrected chi connectivity index (χ0v) is 37.7. The van der Waals surface area contributed by atoms with Gasteiger partial charge in [0.05, 0.1) is 33.8 Å². The predicted octanol–water partition coefficient (Wildman–Crippen LogP) is 7.64. The van der Waals surface area contributed by atoms with Crippen molar-refractivity contribution in [1.29, 1.82) is 0 Å². The lowest BCUT2D eigenvalue weighted by Gasteiger charge is -2.28. The fraction of sp³-hybridized carbons (Fsp3) is 0.300. The number of rotatable bonds is 9. The van der Waals surface area contributed by atoms with Gasteiger partial charge in [-0.25, -0.2) is 29.9 Å². The van der Waals surface area contributed by atoms with E-state index in [4.69, 9.17) is 34.8 Å². The van der Waals surface area contributed by atoms with E-state index in [9.17, 15) is 9.59 Å². The standard InChI is InChI=1S/C20H22ClN7OS.C16H13Cl2N5OS.C4H10N2/c1-12-4-3-5-14(21)18(12)27-19(29)15-11-23-20(30-15)26-16-10-17(25-13(2)24-16)28-8-6-22-7-9-28;1-8-4-3-5-10(17)14(8)23-15(24)11-7-19-16(25-11)22-13-6-12(18)20-9(2)21-13;1-2-6-4-3-5-1/h3-5,10-11,22H,6-9H2,1-2H3,(H,27,29)(H,23,24,25,26);3-7H,1-2H3,(H,23,24)(H,19,20,21,22);5-6H,1-4H2. The van der Waals surface area contributed by atoms with Gasteiger partial charge >= 0.3 is 0 Å². The Labute approximate surface area is 376 Å². The predicted molar refractivity (Wildman–Crippen MR) is 248 cm³/mol. The molecule has 0 aliphatic carbocycles. The molecule has 21 heteroatoms. The van der Waals surface area contributed by atoms with E-state index in [1.807, 2.05) is 51.1 Å². The minimum Gasteiger partial charge on any atom is -0.354 e. The van der Waals surface area contributed by atoms with Crippen molar-refractivity contribution in [1.82, 2.24) is 45.9 Å². The lowest BCUT2D eigenvalue weighted by atomic mass is 10.2. The number of carbonyl (C=O) groups excluding carboxylic acids is 2. The zero-order valence-electron chi connectivity index (χ0n) is 33.8. The summed E-state index contributed by atoms with van der Waals surface area (Å²) in [5.41, 5.74) is 2.99. The number of amides is 2. The summed E-state index contributed by atoms with van der Waals surface area (Å²) in [5, 5.41) is 24.1. The van der Waals surface area contributed by atoms with Crippen molar-refractivity contribution in [3.63, 3.8) is 0 Å². The molecule has 2 fully saturated rings. The molecule has 2 aliphatic heterocycles. The smallest absolute Gasteiger partial charge is 0.267 e. The molecule has 4 aromatic heterocycles. The average molecular weight is 924 g/mol. The van der Waals surface area contributed by atoms with Crippen molar-refractivity contribution in [3.05, 3.63) is 109 Å². The van der Waals surface area contributed by atoms with E-state index in [0.717, 1.165) is 69.3 Å². The third-order valence-corrected chi connectivity index (χ3v) is 11.5. The lowest BCUT2D eigenvalue weighted by Crippen LogP contribution is -2.44. The van der Waals surface area contributed by atoms with Crippen molar-refractivity contribution >= 4 is 108 Å². The molecule has 2 amide bonds. The van der Waals surface area contributed by atoms with Gasteiger partial charge in [-0.3, -0.25) is 9.59 Å². The third kappa shape index (κ3) is 13.5. The maximum Gasteiger partial charge on any atom is 0.267 e. The second-order valence-corrected chi connectivity index (χ2v) is 16.9. The molecule has 6 heterocycles. The van der Waals surface area contributed by atoms with Gasteiger partial charge in [0, 0.05) is 64.5 Å². The first-order valence-electron chi connectivity index (χ1n) is 19.2. The monoisotopic (exact) mass is 922 g/mol.